The third-order valence-corrected chi connectivity index (χ3v) is 3.92. The van der Waals surface area contributed by atoms with E-state index >= 15 is 0 Å². The van der Waals surface area contributed by atoms with Crippen molar-refractivity contribution in [3.63, 3.8) is 0 Å². The second kappa shape index (κ2) is 17.9. The SMILES string of the molecule is CCCCCCCCCCCCCCCCNC=S. The zero-order valence-electron chi connectivity index (χ0n) is 13.1. The topological polar surface area (TPSA) is 12.0 Å². The molecule has 0 aromatic rings. The summed E-state index contributed by atoms with van der Waals surface area (Å²) >= 11 is 4.72. The second-order valence-electron chi connectivity index (χ2n) is 5.67. The summed E-state index contributed by atoms with van der Waals surface area (Å²) in [4.78, 5) is 0. The van der Waals surface area contributed by atoms with E-state index in [2.05, 4.69) is 12.2 Å². The van der Waals surface area contributed by atoms with E-state index in [1.165, 1.54) is 89.9 Å². The van der Waals surface area contributed by atoms with Crippen molar-refractivity contribution in [1.29, 1.82) is 0 Å². The van der Waals surface area contributed by atoms with E-state index in [1.54, 1.807) is 5.49 Å². The van der Waals surface area contributed by atoms with Gasteiger partial charge in [0, 0.05) is 6.54 Å². The van der Waals surface area contributed by atoms with Crippen molar-refractivity contribution in [3.05, 3.63) is 0 Å². The summed E-state index contributed by atoms with van der Waals surface area (Å²) in [6.07, 6.45) is 19.9. The molecule has 0 saturated carbocycles. The zero-order chi connectivity index (χ0) is 14.0. The highest BCUT2D eigenvalue weighted by Gasteiger charge is 1.93. The summed E-state index contributed by atoms with van der Waals surface area (Å²) in [5.74, 6) is 0. The predicted octanol–water partition coefficient (Wildman–Crippen LogP) is 6.01. The minimum atomic E-state index is 1.06. The molecule has 19 heavy (non-hydrogen) atoms. The Bertz CT molecular complexity index is 171. The Morgan fingerprint density at radius 1 is 0.632 bits per heavy atom. The third-order valence-electron chi connectivity index (χ3n) is 3.76. The van der Waals surface area contributed by atoms with Crippen molar-refractivity contribution in [2.45, 2.75) is 96.8 Å². The van der Waals surface area contributed by atoms with E-state index < -0.39 is 0 Å². The van der Waals surface area contributed by atoms with Crippen LogP contribution in [0.5, 0.6) is 0 Å². The molecule has 0 atom stereocenters. The highest BCUT2D eigenvalue weighted by Crippen LogP contribution is 2.12. The van der Waals surface area contributed by atoms with Crippen LogP contribution in [0.25, 0.3) is 0 Å². The highest BCUT2D eigenvalue weighted by atomic mass is 32.1. The fraction of sp³-hybridized carbons (Fsp3) is 0.941. The van der Waals surface area contributed by atoms with Gasteiger partial charge in [-0.1, -0.05) is 103 Å². The molecule has 0 radical (unpaired) electrons. The van der Waals surface area contributed by atoms with Gasteiger partial charge in [0.1, 0.15) is 0 Å². The Labute approximate surface area is 126 Å². The molecule has 0 amide bonds. The first-order valence-electron chi connectivity index (χ1n) is 8.59. The van der Waals surface area contributed by atoms with E-state index in [0.29, 0.717) is 0 Å². The van der Waals surface area contributed by atoms with Crippen LogP contribution in [0.3, 0.4) is 0 Å². The fourth-order valence-corrected chi connectivity index (χ4v) is 2.60. The van der Waals surface area contributed by atoms with Crippen LogP contribution < -0.4 is 5.32 Å². The summed E-state index contributed by atoms with van der Waals surface area (Å²) in [5.41, 5.74) is 1.63. The first-order valence-corrected chi connectivity index (χ1v) is 9.06. The molecule has 0 aromatic carbocycles. The molecule has 0 rings (SSSR count). The van der Waals surface area contributed by atoms with Gasteiger partial charge >= 0.3 is 0 Å². The number of hydrogen-bond donors (Lipinski definition) is 1. The number of rotatable bonds is 16. The molecule has 0 bridgehead atoms. The lowest BCUT2D eigenvalue weighted by Gasteiger charge is -2.03. The van der Waals surface area contributed by atoms with E-state index in [0.717, 1.165) is 6.54 Å². The molecule has 0 heterocycles. The third kappa shape index (κ3) is 17.9. The molecule has 0 aromatic heterocycles. The average Bonchev–Trinajstić information content (AvgIpc) is 2.43. The highest BCUT2D eigenvalue weighted by molar-refractivity contribution is 7.78. The van der Waals surface area contributed by atoms with Crippen LogP contribution in [0.15, 0.2) is 0 Å². The van der Waals surface area contributed by atoms with Crippen LogP contribution in [0.1, 0.15) is 96.8 Å². The van der Waals surface area contributed by atoms with Crippen molar-refractivity contribution in [2.24, 2.45) is 0 Å². The summed E-state index contributed by atoms with van der Waals surface area (Å²) in [7, 11) is 0. The van der Waals surface area contributed by atoms with Gasteiger partial charge < -0.3 is 5.32 Å². The fourth-order valence-electron chi connectivity index (χ4n) is 2.48. The molecule has 0 aliphatic heterocycles. The summed E-state index contributed by atoms with van der Waals surface area (Å²) in [6.45, 7) is 3.34. The van der Waals surface area contributed by atoms with E-state index in [-0.39, 0.29) is 0 Å². The lowest BCUT2D eigenvalue weighted by atomic mass is 10.0. The first-order chi connectivity index (χ1) is 9.41. The molecule has 1 N–H and O–H groups in total. The Morgan fingerprint density at radius 3 is 1.37 bits per heavy atom. The number of hydrogen-bond acceptors (Lipinski definition) is 1. The van der Waals surface area contributed by atoms with Gasteiger partial charge in [0.05, 0.1) is 5.49 Å². The molecular weight excluding hydrogens is 250 g/mol. The Balaban J connectivity index is 2.89. The standard InChI is InChI=1S/C17H35NS/c1-2-3-4-5-6-7-8-9-10-11-12-13-14-15-16-18-17-19/h17H,2-16H2,1H3,(H,18,19). The summed E-state index contributed by atoms with van der Waals surface area (Å²) in [5, 5.41) is 3.08. The van der Waals surface area contributed by atoms with E-state index in [4.69, 9.17) is 12.2 Å². The maximum Gasteiger partial charge on any atom is 0.0614 e. The second-order valence-corrected chi connectivity index (χ2v) is 5.90. The van der Waals surface area contributed by atoms with Gasteiger partial charge in [-0.25, -0.2) is 0 Å². The van der Waals surface area contributed by atoms with Gasteiger partial charge in [0.2, 0.25) is 0 Å². The van der Waals surface area contributed by atoms with Crippen molar-refractivity contribution in [2.75, 3.05) is 6.54 Å². The minimum absolute atomic E-state index is 1.06. The largest absolute Gasteiger partial charge is 0.382 e. The number of thiocarbonyl (C=S) groups is 1. The molecular formula is C17H35NS. The first kappa shape index (κ1) is 18.9. The van der Waals surface area contributed by atoms with E-state index in [1.807, 2.05) is 0 Å². The van der Waals surface area contributed by atoms with Crippen LogP contribution >= 0.6 is 12.2 Å². The summed E-state index contributed by atoms with van der Waals surface area (Å²) in [6, 6.07) is 0. The monoisotopic (exact) mass is 285 g/mol. The molecule has 114 valence electrons. The number of nitrogens with one attached hydrogen (secondary N) is 1. The van der Waals surface area contributed by atoms with E-state index in [9.17, 15) is 0 Å². The average molecular weight is 286 g/mol. The maximum atomic E-state index is 4.72. The van der Waals surface area contributed by atoms with Gasteiger partial charge in [-0.05, 0) is 6.42 Å². The van der Waals surface area contributed by atoms with Crippen LogP contribution in [0, 0.1) is 0 Å². The predicted molar refractivity (Wildman–Crippen MR) is 92.0 cm³/mol. The van der Waals surface area contributed by atoms with Crippen molar-refractivity contribution in [1.82, 2.24) is 5.32 Å². The molecule has 0 aliphatic carbocycles. The molecule has 0 saturated heterocycles. The Kier molecular flexibility index (Phi) is 17.8. The van der Waals surface area contributed by atoms with Gasteiger partial charge in [-0.15, -0.1) is 0 Å². The summed E-state index contributed by atoms with van der Waals surface area (Å²) < 4.78 is 0. The van der Waals surface area contributed by atoms with Gasteiger partial charge in [0.15, 0.2) is 0 Å². The molecule has 0 aliphatic rings. The lowest BCUT2D eigenvalue weighted by Crippen LogP contribution is -2.10. The Hall–Kier alpha value is -0.110. The van der Waals surface area contributed by atoms with Crippen molar-refractivity contribution in [3.8, 4) is 0 Å². The van der Waals surface area contributed by atoms with Gasteiger partial charge in [-0.3, -0.25) is 0 Å². The smallest absolute Gasteiger partial charge is 0.0614 e. The number of unbranched alkanes of at least 4 members (excludes halogenated alkanes) is 13. The molecule has 0 fully saturated rings. The van der Waals surface area contributed by atoms with Crippen LogP contribution in [-0.2, 0) is 0 Å². The van der Waals surface area contributed by atoms with Crippen LogP contribution in [0.4, 0.5) is 0 Å². The molecule has 0 spiro atoms. The van der Waals surface area contributed by atoms with Crippen LogP contribution in [-0.4, -0.2) is 12.0 Å². The van der Waals surface area contributed by atoms with Gasteiger partial charge in [-0.2, -0.15) is 0 Å². The van der Waals surface area contributed by atoms with Gasteiger partial charge in [0.25, 0.3) is 0 Å². The quantitative estimate of drug-likeness (QED) is 0.275. The zero-order valence-corrected chi connectivity index (χ0v) is 13.9. The van der Waals surface area contributed by atoms with Crippen LogP contribution in [0.2, 0.25) is 0 Å². The normalized spacial score (nSPS) is 10.6. The molecule has 2 heteroatoms. The van der Waals surface area contributed by atoms with Crippen molar-refractivity contribution >= 4 is 17.7 Å². The Morgan fingerprint density at radius 2 is 1.00 bits per heavy atom. The molecule has 0 unspecified atom stereocenters. The maximum absolute atomic E-state index is 4.72. The van der Waals surface area contributed by atoms with Crippen molar-refractivity contribution < 1.29 is 0 Å². The molecule has 1 nitrogen and oxygen atoms in total. The minimum Gasteiger partial charge on any atom is -0.382 e. The lowest BCUT2D eigenvalue weighted by molar-refractivity contribution is 0.535.